The molecule has 0 aliphatic heterocycles. The molecule has 0 saturated heterocycles. The van der Waals surface area contributed by atoms with Crippen LogP contribution < -0.4 is 11.1 Å². The maximum Gasteiger partial charge on any atom is 0.126 e. The lowest BCUT2D eigenvalue weighted by Gasteiger charge is -2.06. The lowest BCUT2D eigenvalue weighted by atomic mass is 10.2. The van der Waals surface area contributed by atoms with Gasteiger partial charge in [0.2, 0.25) is 0 Å². The van der Waals surface area contributed by atoms with Gasteiger partial charge in [-0.2, -0.15) is 0 Å². The van der Waals surface area contributed by atoms with Crippen molar-refractivity contribution >= 4 is 23.1 Å². The van der Waals surface area contributed by atoms with Crippen LogP contribution in [0.2, 0.25) is 5.02 Å². The number of hydrogen-bond acceptors (Lipinski definition) is 3. The van der Waals surface area contributed by atoms with Crippen LogP contribution in [0.5, 0.6) is 0 Å². The van der Waals surface area contributed by atoms with E-state index < -0.39 is 0 Å². The van der Waals surface area contributed by atoms with Crippen molar-refractivity contribution in [1.29, 1.82) is 0 Å². The van der Waals surface area contributed by atoms with Gasteiger partial charge in [-0.25, -0.2) is 4.98 Å². The van der Waals surface area contributed by atoms with Gasteiger partial charge in [-0.15, -0.1) is 0 Å². The van der Waals surface area contributed by atoms with E-state index in [2.05, 4.69) is 10.3 Å². The standard InChI is InChI=1S/C12H12ClN3/c13-10-5-4-9(7-11(10)14)8-16-12-3-1-2-6-15-12/h1-7H,8,14H2,(H,15,16). The monoisotopic (exact) mass is 233 g/mol. The third kappa shape index (κ3) is 2.64. The Hall–Kier alpha value is -1.74. The Bertz CT molecular complexity index is 471. The molecule has 0 aliphatic rings. The number of nitrogens with zero attached hydrogens (tertiary/aromatic N) is 1. The molecule has 16 heavy (non-hydrogen) atoms. The number of nitrogens with one attached hydrogen (secondary N) is 1. The van der Waals surface area contributed by atoms with Gasteiger partial charge in [0.05, 0.1) is 10.7 Å². The van der Waals surface area contributed by atoms with Gasteiger partial charge in [0.15, 0.2) is 0 Å². The smallest absolute Gasteiger partial charge is 0.126 e. The van der Waals surface area contributed by atoms with Gasteiger partial charge >= 0.3 is 0 Å². The number of benzene rings is 1. The number of anilines is 2. The number of aromatic nitrogens is 1. The molecule has 0 fully saturated rings. The van der Waals surface area contributed by atoms with E-state index in [1.807, 2.05) is 30.3 Å². The van der Waals surface area contributed by atoms with Crippen molar-refractivity contribution in [2.45, 2.75) is 6.54 Å². The van der Waals surface area contributed by atoms with Crippen LogP contribution in [0, 0.1) is 0 Å². The van der Waals surface area contributed by atoms with Crippen molar-refractivity contribution in [1.82, 2.24) is 4.98 Å². The molecule has 3 nitrogen and oxygen atoms in total. The van der Waals surface area contributed by atoms with Gasteiger partial charge in [-0.05, 0) is 29.8 Å². The molecule has 4 heteroatoms. The molecule has 0 aliphatic carbocycles. The summed E-state index contributed by atoms with van der Waals surface area (Å²) in [5, 5.41) is 3.78. The first-order valence-electron chi connectivity index (χ1n) is 4.94. The average molecular weight is 234 g/mol. The molecule has 0 spiro atoms. The summed E-state index contributed by atoms with van der Waals surface area (Å²) in [5.74, 6) is 0.844. The largest absolute Gasteiger partial charge is 0.398 e. The van der Waals surface area contributed by atoms with Crippen LogP contribution in [0.1, 0.15) is 5.56 Å². The van der Waals surface area contributed by atoms with E-state index in [4.69, 9.17) is 17.3 Å². The fraction of sp³-hybridized carbons (Fsp3) is 0.0833. The van der Waals surface area contributed by atoms with E-state index in [9.17, 15) is 0 Å². The maximum atomic E-state index is 5.84. The van der Waals surface area contributed by atoms with E-state index in [0.717, 1.165) is 11.4 Å². The lowest BCUT2D eigenvalue weighted by Crippen LogP contribution is -2.01. The number of halogens is 1. The summed E-state index contributed by atoms with van der Waals surface area (Å²) in [6, 6.07) is 11.3. The fourth-order valence-corrected chi connectivity index (χ4v) is 1.48. The SMILES string of the molecule is Nc1cc(CNc2ccccn2)ccc1Cl. The molecule has 0 unspecified atom stereocenters. The highest BCUT2D eigenvalue weighted by Gasteiger charge is 1.98. The zero-order valence-corrected chi connectivity index (χ0v) is 9.41. The molecule has 0 saturated carbocycles. The van der Waals surface area contributed by atoms with Crippen molar-refractivity contribution in [2.24, 2.45) is 0 Å². The van der Waals surface area contributed by atoms with Crippen LogP contribution in [-0.4, -0.2) is 4.98 Å². The second kappa shape index (κ2) is 4.86. The van der Waals surface area contributed by atoms with Gasteiger partial charge in [-0.3, -0.25) is 0 Å². The minimum absolute atomic E-state index is 0.585. The first-order valence-corrected chi connectivity index (χ1v) is 5.32. The fourth-order valence-electron chi connectivity index (χ4n) is 1.36. The maximum absolute atomic E-state index is 5.84. The third-order valence-electron chi connectivity index (χ3n) is 2.20. The molecule has 0 atom stereocenters. The summed E-state index contributed by atoms with van der Waals surface area (Å²) in [7, 11) is 0. The highest BCUT2D eigenvalue weighted by molar-refractivity contribution is 6.33. The third-order valence-corrected chi connectivity index (χ3v) is 2.54. The molecule has 1 aromatic carbocycles. The van der Waals surface area contributed by atoms with Gasteiger partial charge in [0.25, 0.3) is 0 Å². The second-order valence-corrected chi connectivity index (χ2v) is 3.83. The normalized spacial score (nSPS) is 10.1. The molecule has 0 amide bonds. The van der Waals surface area contributed by atoms with Crippen molar-refractivity contribution in [3.8, 4) is 0 Å². The van der Waals surface area contributed by atoms with Gasteiger partial charge < -0.3 is 11.1 Å². The van der Waals surface area contributed by atoms with E-state index in [1.165, 1.54) is 0 Å². The van der Waals surface area contributed by atoms with Gasteiger partial charge in [0.1, 0.15) is 5.82 Å². The molecule has 3 N–H and O–H groups in total. The summed E-state index contributed by atoms with van der Waals surface area (Å²) in [6.45, 7) is 0.679. The Balaban J connectivity index is 2.03. The number of nitrogen functional groups attached to an aromatic ring is 1. The van der Waals surface area contributed by atoms with Crippen LogP contribution in [0.25, 0.3) is 0 Å². The molecule has 0 bridgehead atoms. The first kappa shape index (κ1) is 10.8. The number of nitrogens with two attached hydrogens (primary N) is 1. The van der Waals surface area contributed by atoms with Crippen LogP contribution in [0.3, 0.4) is 0 Å². The van der Waals surface area contributed by atoms with Crippen molar-refractivity contribution < 1.29 is 0 Å². The van der Waals surface area contributed by atoms with E-state index >= 15 is 0 Å². The van der Waals surface area contributed by atoms with E-state index in [1.54, 1.807) is 12.3 Å². The predicted molar refractivity (Wildman–Crippen MR) is 67.4 cm³/mol. The van der Waals surface area contributed by atoms with Crippen molar-refractivity contribution in [2.75, 3.05) is 11.1 Å². The Morgan fingerprint density at radius 3 is 2.81 bits per heavy atom. The molecule has 82 valence electrons. The summed E-state index contributed by atoms with van der Waals surface area (Å²) < 4.78 is 0. The summed E-state index contributed by atoms with van der Waals surface area (Å²) in [6.07, 6.45) is 1.75. The number of hydrogen-bond donors (Lipinski definition) is 2. The molecular formula is C12H12ClN3. The molecule has 1 aromatic heterocycles. The highest BCUT2D eigenvalue weighted by atomic mass is 35.5. The van der Waals surface area contributed by atoms with Crippen molar-refractivity contribution in [3.63, 3.8) is 0 Å². The molecule has 1 heterocycles. The van der Waals surface area contributed by atoms with Gasteiger partial charge in [0, 0.05) is 12.7 Å². The molecule has 2 rings (SSSR count). The lowest BCUT2D eigenvalue weighted by molar-refractivity contribution is 1.11. The molecule has 2 aromatic rings. The Morgan fingerprint density at radius 1 is 1.25 bits per heavy atom. The van der Waals surface area contributed by atoms with Crippen molar-refractivity contribution in [3.05, 3.63) is 53.2 Å². The average Bonchev–Trinajstić information content (AvgIpc) is 2.32. The minimum Gasteiger partial charge on any atom is -0.398 e. The first-order chi connectivity index (χ1) is 7.75. The molecular weight excluding hydrogens is 222 g/mol. The van der Waals surface area contributed by atoms with Crippen LogP contribution in [0.4, 0.5) is 11.5 Å². The quantitative estimate of drug-likeness (QED) is 0.802. The van der Waals surface area contributed by atoms with Gasteiger partial charge in [-0.1, -0.05) is 23.7 Å². The zero-order chi connectivity index (χ0) is 11.4. The zero-order valence-electron chi connectivity index (χ0n) is 8.65. The number of pyridine rings is 1. The highest BCUT2D eigenvalue weighted by Crippen LogP contribution is 2.19. The van der Waals surface area contributed by atoms with Crippen LogP contribution in [-0.2, 0) is 6.54 Å². The summed E-state index contributed by atoms with van der Waals surface area (Å²) >= 11 is 5.84. The second-order valence-electron chi connectivity index (χ2n) is 3.42. The summed E-state index contributed by atoms with van der Waals surface area (Å²) in [5.41, 5.74) is 7.39. The molecule has 0 radical (unpaired) electrons. The van der Waals surface area contributed by atoms with E-state index in [0.29, 0.717) is 17.3 Å². The number of rotatable bonds is 3. The summed E-state index contributed by atoms with van der Waals surface area (Å²) in [4.78, 5) is 4.17. The Morgan fingerprint density at radius 2 is 2.12 bits per heavy atom. The Kier molecular flexibility index (Phi) is 3.27. The Labute approximate surface area is 99.3 Å². The van der Waals surface area contributed by atoms with E-state index in [-0.39, 0.29) is 0 Å². The van der Waals surface area contributed by atoms with Crippen LogP contribution >= 0.6 is 11.6 Å². The topological polar surface area (TPSA) is 50.9 Å². The predicted octanol–water partition coefficient (Wildman–Crippen LogP) is 2.93. The minimum atomic E-state index is 0.585. The van der Waals surface area contributed by atoms with Crippen LogP contribution in [0.15, 0.2) is 42.6 Å².